The van der Waals surface area contributed by atoms with Crippen molar-refractivity contribution >= 4 is 29.0 Å². The molecule has 0 aromatic heterocycles. The Bertz CT molecular complexity index is 780. The van der Waals surface area contributed by atoms with Gasteiger partial charge in [-0.2, -0.15) is 0 Å². The highest BCUT2D eigenvalue weighted by atomic mass is 35.5. The minimum Gasteiger partial charge on any atom is -0.483 e. The molecule has 26 heavy (non-hydrogen) atoms. The number of ketones is 1. The maximum atomic E-state index is 12.4. The quantitative estimate of drug-likeness (QED) is 0.657. The number of benzene rings is 2. The van der Waals surface area contributed by atoms with E-state index in [9.17, 15) is 9.59 Å². The number of carbonyl (C=O) groups is 2. The van der Waals surface area contributed by atoms with E-state index in [2.05, 4.69) is 19.2 Å². The van der Waals surface area contributed by atoms with E-state index in [-0.39, 0.29) is 18.3 Å². The fourth-order valence-corrected chi connectivity index (χ4v) is 2.93. The summed E-state index contributed by atoms with van der Waals surface area (Å²) in [6.45, 7) is 5.70. The molecule has 2 aromatic rings. The normalized spacial score (nSPS) is 10.5. The van der Waals surface area contributed by atoms with Crippen LogP contribution in [0.4, 0.5) is 5.69 Å². The van der Waals surface area contributed by atoms with Gasteiger partial charge in [-0.25, -0.2) is 0 Å². The zero-order valence-corrected chi connectivity index (χ0v) is 16.2. The second-order valence-corrected chi connectivity index (χ2v) is 6.35. The number of nitrogens with one attached hydrogen (secondary N) is 1. The van der Waals surface area contributed by atoms with Crippen LogP contribution < -0.4 is 10.1 Å². The van der Waals surface area contributed by atoms with Crippen molar-refractivity contribution in [3.63, 3.8) is 0 Å². The summed E-state index contributed by atoms with van der Waals surface area (Å²) in [4.78, 5) is 24.4. The number of para-hydroxylation sites is 1. The molecule has 2 rings (SSSR count). The summed E-state index contributed by atoms with van der Waals surface area (Å²) >= 11 is 5.97. The summed E-state index contributed by atoms with van der Waals surface area (Å²) in [5.41, 5.74) is 3.43. The van der Waals surface area contributed by atoms with Crippen LogP contribution in [0.1, 0.15) is 48.7 Å². The minimum absolute atomic E-state index is 0.0764. The summed E-state index contributed by atoms with van der Waals surface area (Å²) in [7, 11) is 0. The molecule has 0 bridgehead atoms. The molecule has 0 unspecified atom stereocenters. The van der Waals surface area contributed by atoms with Crippen LogP contribution in [0, 0.1) is 0 Å². The van der Waals surface area contributed by atoms with Crippen LogP contribution in [0.15, 0.2) is 36.4 Å². The third-order valence-electron chi connectivity index (χ3n) is 4.19. The number of hydrogen-bond donors (Lipinski definition) is 1. The first-order valence-electron chi connectivity index (χ1n) is 8.86. The number of carbonyl (C=O) groups excluding carboxylic acids is 2. The minimum atomic E-state index is -0.259. The lowest BCUT2D eigenvalue weighted by Gasteiger charge is -2.15. The summed E-state index contributed by atoms with van der Waals surface area (Å²) in [6, 6.07) is 10.8. The lowest BCUT2D eigenvalue weighted by molar-refractivity contribution is -0.118. The fourth-order valence-electron chi connectivity index (χ4n) is 2.76. The molecule has 0 radical (unpaired) electrons. The number of aryl methyl sites for hydroxylation is 2. The van der Waals surface area contributed by atoms with Crippen LogP contribution in [-0.4, -0.2) is 18.3 Å². The second kappa shape index (κ2) is 9.39. The molecule has 138 valence electrons. The number of rotatable bonds is 8. The Labute approximate surface area is 159 Å². The van der Waals surface area contributed by atoms with Gasteiger partial charge in [0.05, 0.1) is 5.56 Å². The Morgan fingerprint density at radius 3 is 2.27 bits per heavy atom. The molecule has 0 atom stereocenters. The first-order valence-corrected chi connectivity index (χ1v) is 9.24. The van der Waals surface area contributed by atoms with Gasteiger partial charge in [-0.05, 0) is 42.2 Å². The van der Waals surface area contributed by atoms with E-state index < -0.39 is 0 Å². The van der Waals surface area contributed by atoms with Crippen molar-refractivity contribution in [2.45, 2.75) is 40.0 Å². The number of ether oxygens (including phenoxy) is 1. The number of amides is 1. The van der Waals surface area contributed by atoms with Crippen molar-refractivity contribution < 1.29 is 14.3 Å². The molecule has 1 N–H and O–H groups in total. The Balaban J connectivity index is 2.12. The molecule has 4 nitrogen and oxygen atoms in total. The van der Waals surface area contributed by atoms with Crippen molar-refractivity contribution in [1.82, 2.24) is 0 Å². The Morgan fingerprint density at radius 1 is 1.04 bits per heavy atom. The van der Waals surface area contributed by atoms with Crippen LogP contribution in [0.25, 0.3) is 0 Å². The molecular formula is C21H24ClNO3. The summed E-state index contributed by atoms with van der Waals surface area (Å²) in [5.74, 6) is 0.0360. The topological polar surface area (TPSA) is 55.4 Å². The van der Waals surface area contributed by atoms with Gasteiger partial charge in [-0.3, -0.25) is 9.59 Å². The lowest BCUT2D eigenvalue weighted by Crippen LogP contribution is -2.22. The van der Waals surface area contributed by atoms with E-state index in [1.165, 1.54) is 0 Å². The fraction of sp³-hybridized carbons (Fsp3) is 0.333. The first kappa shape index (κ1) is 20.0. The maximum Gasteiger partial charge on any atom is 0.262 e. The van der Waals surface area contributed by atoms with E-state index in [0.717, 1.165) is 29.7 Å². The van der Waals surface area contributed by atoms with Crippen LogP contribution in [0.5, 0.6) is 5.75 Å². The SMILES string of the molecule is CCC(=O)c1cc(Cl)ccc1OCC(=O)Nc1c(CC)cccc1CC. The molecule has 2 aromatic carbocycles. The molecule has 0 aliphatic rings. The molecule has 0 saturated carbocycles. The smallest absolute Gasteiger partial charge is 0.262 e. The van der Waals surface area contributed by atoms with Crippen molar-refractivity contribution in [2.75, 3.05) is 11.9 Å². The molecular weight excluding hydrogens is 350 g/mol. The molecule has 0 fully saturated rings. The largest absolute Gasteiger partial charge is 0.483 e. The van der Waals surface area contributed by atoms with Crippen LogP contribution in [0.2, 0.25) is 5.02 Å². The third-order valence-corrected chi connectivity index (χ3v) is 4.42. The molecule has 0 aliphatic carbocycles. The van der Waals surface area contributed by atoms with Crippen molar-refractivity contribution in [3.05, 3.63) is 58.1 Å². The standard InChI is InChI=1S/C21H24ClNO3/c1-4-14-8-7-9-15(5-2)21(14)23-20(25)13-26-19-11-10-16(22)12-17(19)18(24)6-3/h7-12H,4-6,13H2,1-3H3,(H,23,25). The van der Waals surface area contributed by atoms with Gasteiger partial charge in [0, 0.05) is 17.1 Å². The molecule has 1 amide bonds. The zero-order chi connectivity index (χ0) is 19.1. The Hall–Kier alpha value is -2.33. The molecule has 0 spiro atoms. The predicted molar refractivity (Wildman–Crippen MR) is 105 cm³/mol. The second-order valence-electron chi connectivity index (χ2n) is 5.91. The van der Waals surface area contributed by atoms with Crippen LogP contribution in [0.3, 0.4) is 0 Å². The van der Waals surface area contributed by atoms with Crippen molar-refractivity contribution in [1.29, 1.82) is 0 Å². The molecule has 5 heteroatoms. The Kier molecular flexibility index (Phi) is 7.22. The van der Waals surface area contributed by atoms with E-state index >= 15 is 0 Å². The van der Waals surface area contributed by atoms with E-state index in [0.29, 0.717) is 22.8 Å². The van der Waals surface area contributed by atoms with Gasteiger partial charge in [-0.1, -0.05) is 50.6 Å². The average Bonchev–Trinajstić information content (AvgIpc) is 2.66. The molecule has 0 aliphatic heterocycles. The van der Waals surface area contributed by atoms with Crippen LogP contribution >= 0.6 is 11.6 Å². The van der Waals surface area contributed by atoms with Gasteiger partial charge in [0.25, 0.3) is 5.91 Å². The maximum absolute atomic E-state index is 12.4. The molecule has 0 saturated heterocycles. The monoisotopic (exact) mass is 373 g/mol. The number of hydrogen-bond acceptors (Lipinski definition) is 3. The average molecular weight is 374 g/mol. The first-order chi connectivity index (χ1) is 12.5. The van der Waals surface area contributed by atoms with E-state index in [1.54, 1.807) is 25.1 Å². The number of anilines is 1. The Morgan fingerprint density at radius 2 is 1.69 bits per heavy atom. The lowest BCUT2D eigenvalue weighted by atomic mass is 10.0. The van der Waals surface area contributed by atoms with Gasteiger partial charge in [0.15, 0.2) is 12.4 Å². The van der Waals surface area contributed by atoms with Crippen molar-refractivity contribution in [3.8, 4) is 5.75 Å². The number of halogens is 1. The van der Waals surface area contributed by atoms with Gasteiger partial charge in [-0.15, -0.1) is 0 Å². The van der Waals surface area contributed by atoms with Gasteiger partial charge < -0.3 is 10.1 Å². The summed E-state index contributed by atoms with van der Waals surface area (Å²) in [5, 5.41) is 3.41. The zero-order valence-electron chi connectivity index (χ0n) is 15.4. The van der Waals surface area contributed by atoms with E-state index in [4.69, 9.17) is 16.3 Å². The third kappa shape index (κ3) is 4.85. The van der Waals surface area contributed by atoms with Gasteiger partial charge in [0.2, 0.25) is 0 Å². The van der Waals surface area contributed by atoms with Gasteiger partial charge >= 0.3 is 0 Å². The summed E-state index contributed by atoms with van der Waals surface area (Å²) in [6.07, 6.45) is 2.00. The number of Topliss-reactive ketones (excluding diaryl/α,β-unsaturated/α-hetero) is 1. The van der Waals surface area contributed by atoms with Gasteiger partial charge in [0.1, 0.15) is 5.75 Å². The van der Waals surface area contributed by atoms with Crippen LogP contribution in [-0.2, 0) is 17.6 Å². The summed E-state index contributed by atoms with van der Waals surface area (Å²) < 4.78 is 5.60. The predicted octanol–water partition coefficient (Wildman–Crippen LogP) is 5.08. The highest BCUT2D eigenvalue weighted by Crippen LogP contribution is 2.25. The highest BCUT2D eigenvalue weighted by Gasteiger charge is 2.14. The molecule has 0 heterocycles. The van der Waals surface area contributed by atoms with E-state index in [1.807, 2.05) is 18.2 Å². The highest BCUT2D eigenvalue weighted by molar-refractivity contribution is 6.31. The van der Waals surface area contributed by atoms with Crippen molar-refractivity contribution in [2.24, 2.45) is 0 Å².